The van der Waals surface area contributed by atoms with Crippen LogP contribution in [0.5, 0.6) is 0 Å². The molecule has 0 amide bonds. The Bertz CT molecular complexity index is 265. The number of rotatable bonds is 2. The second-order valence-corrected chi connectivity index (χ2v) is 2.14. The second-order valence-electron chi connectivity index (χ2n) is 2.14. The highest BCUT2D eigenvalue weighted by molar-refractivity contribution is 5.85. The zero-order valence-corrected chi connectivity index (χ0v) is 7.22. The molecule has 0 spiro atoms. The van der Waals surface area contributed by atoms with Crippen molar-refractivity contribution < 1.29 is 4.39 Å². The van der Waals surface area contributed by atoms with Gasteiger partial charge in [0.1, 0.15) is 0 Å². The lowest BCUT2D eigenvalue weighted by molar-refractivity contribution is 0.560. The van der Waals surface area contributed by atoms with Crippen molar-refractivity contribution in [2.75, 3.05) is 0 Å². The van der Waals surface area contributed by atoms with Crippen molar-refractivity contribution in [3.8, 4) is 0 Å². The number of hydrogen-bond donors (Lipinski definition) is 1. The van der Waals surface area contributed by atoms with Crippen LogP contribution in [0.2, 0.25) is 0 Å². The van der Waals surface area contributed by atoms with Gasteiger partial charge in [0, 0.05) is 11.8 Å². The van der Waals surface area contributed by atoms with Gasteiger partial charge in [-0.05, 0) is 6.07 Å². The summed E-state index contributed by atoms with van der Waals surface area (Å²) in [6.45, 7) is 3.46. The van der Waals surface area contributed by atoms with E-state index in [1.54, 1.807) is 12.1 Å². The molecule has 0 aliphatic rings. The van der Waals surface area contributed by atoms with Gasteiger partial charge in [0.05, 0.1) is 6.04 Å². The molecule has 0 aliphatic carbocycles. The summed E-state index contributed by atoms with van der Waals surface area (Å²) in [5.74, 6) is -0.528. The van der Waals surface area contributed by atoms with E-state index in [0.717, 1.165) is 0 Å². The van der Waals surface area contributed by atoms with Gasteiger partial charge in [0.15, 0.2) is 0 Å². The molecule has 66 valence electrons. The number of pyridine rings is 1. The third-order valence-electron chi connectivity index (χ3n) is 1.40. The van der Waals surface area contributed by atoms with E-state index in [-0.39, 0.29) is 12.4 Å². The molecule has 2 N–H and O–H groups in total. The van der Waals surface area contributed by atoms with Gasteiger partial charge in [-0.2, -0.15) is 4.39 Å². The van der Waals surface area contributed by atoms with Crippen LogP contribution < -0.4 is 5.73 Å². The lowest BCUT2D eigenvalue weighted by atomic mass is 10.1. The fourth-order valence-electron chi connectivity index (χ4n) is 0.774. The largest absolute Gasteiger partial charge is 0.321 e. The summed E-state index contributed by atoms with van der Waals surface area (Å²) >= 11 is 0. The molecule has 4 heteroatoms. The Kier molecular flexibility index (Phi) is 4.47. The molecule has 0 saturated carbocycles. The molecular formula is C8H10ClFN2. The minimum atomic E-state index is -0.528. The molecule has 0 aromatic carbocycles. The van der Waals surface area contributed by atoms with E-state index in [2.05, 4.69) is 11.6 Å². The minimum absolute atomic E-state index is 0. The lowest BCUT2D eigenvalue weighted by Crippen LogP contribution is -2.09. The number of nitrogens with two attached hydrogens (primary N) is 1. The standard InChI is InChI=1S/C8H9FN2.ClH/c1-2-7(10)6-4-3-5-11-8(6)9;/h2-5,7H,1,10H2;1H/t7-;/m0./s1. The second kappa shape index (κ2) is 4.85. The van der Waals surface area contributed by atoms with Crippen LogP contribution in [-0.4, -0.2) is 4.98 Å². The molecule has 0 bridgehead atoms. The normalized spacial score (nSPS) is 11.5. The molecule has 12 heavy (non-hydrogen) atoms. The summed E-state index contributed by atoms with van der Waals surface area (Å²) in [5.41, 5.74) is 5.87. The average Bonchev–Trinajstić information content (AvgIpc) is 2.04. The lowest BCUT2D eigenvalue weighted by Gasteiger charge is -2.05. The first kappa shape index (κ1) is 11.1. The number of hydrogen-bond acceptors (Lipinski definition) is 2. The van der Waals surface area contributed by atoms with Gasteiger partial charge in [-0.25, -0.2) is 4.98 Å². The smallest absolute Gasteiger partial charge is 0.217 e. The summed E-state index contributed by atoms with van der Waals surface area (Å²) in [7, 11) is 0. The first-order valence-electron chi connectivity index (χ1n) is 3.24. The zero-order valence-electron chi connectivity index (χ0n) is 6.40. The summed E-state index contributed by atoms with van der Waals surface area (Å²) < 4.78 is 12.8. The Morgan fingerprint density at radius 3 is 2.83 bits per heavy atom. The zero-order chi connectivity index (χ0) is 8.27. The van der Waals surface area contributed by atoms with Gasteiger partial charge in [-0.15, -0.1) is 19.0 Å². The van der Waals surface area contributed by atoms with Gasteiger partial charge in [0.2, 0.25) is 5.95 Å². The minimum Gasteiger partial charge on any atom is -0.321 e. The van der Waals surface area contributed by atoms with E-state index in [1.807, 2.05) is 0 Å². The maximum atomic E-state index is 12.8. The first-order chi connectivity index (χ1) is 5.25. The third kappa shape index (κ3) is 2.29. The van der Waals surface area contributed by atoms with E-state index in [1.165, 1.54) is 12.3 Å². The first-order valence-corrected chi connectivity index (χ1v) is 3.24. The highest BCUT2D eigenvalue weighted by atomic mass is 35.5. The summed E-state index contributed by atoms with van der Waals surface area (Å²) in [5, 5.41) is 0. The van der Waals surface area contributed by atoms with E-state index in [9.17, 15) is 4.39 Å². The Labute approximate surface area is 76.7 Å². The van der Waals surface area contributed by atoms with Crippen molar-refractivity contribution >= 4 is 12.4 Å². The SMILES string of the molecule is C=C[C@H](N)c1cccnc1F.Cl. The van der Waals surface area contributed by atoms with E-state index >= 15 is 0 Å². The van der Waals surface area contributed by atoms with Crippen LogP contribution in [0.15, 0.2) is 31.0 Å². The quantitative estimate of drug-likeness (QED) is 0.568. The molecule has 0 saturated heterocycles. The molecule has 0 fully saturated rings. The summed E-state index contributed by atoms with van der Waals surface area (Å²) in [6, 6.07) is 2.76. The van der Waals surface area contributed by atoms with Gasteiger partial charge in [0.25, 0.3) is 0 Å². The van der Waals surface area contributed by atoms with Gasteiger partial charge < -0.3 is 5.73 Å². The molecule has 2 nitrogen and oxygen atoms in total. The van der Waals surface area contributed by atoms with Crippen molar-refractivity contribution in [2.45, 2.75) is 6.04 Å². The van der Waals surface area contributed by atoms with Gasteiger partial charge in [-0.3, -0.25) is 0 Å². The van der Waals surface area contributed by atoms with Crippen LogP contribution in [0.3, 0.4) is 0 Å². The van der Waals surface area contributed by atoms with E-state index in [4.69, 9.17) is 5.73 Å². The van der Waals surface area contributed by atoms with Crippen LogP contribution in [0.1, 0.15) is 11.6 Å². The molecule has 1 rings (SSSR count). The number of halogens is 2. The number of nitrogens with zero attached hydrogens (tertiary/aromatic N) is 1. The van der Waals surface area contributed by atoms with Crippen LogP contribution in [0.25, 0.3) is 0 Å². The predicted molar refractivity (Wildman–Crippen MR) is 48.6 cm³/mol. The predicted octanol–water partition coefficient (Wildman–Crippen LogP) is 1.83. The highest BCUT2D eigenvalue weighted by Gasteiger charge is 2.06. The highest BCUT2D eigenvalue weighted by Crippen LogP contribution is 2.12. The maximum absolute atomic E-state index is 12.8. The van der Waals surface area contributed by atoms with Gasteiger partial charge in [-0.1, -0.05) is 12.1 Å². The van der Waals surface area contributed by atoms with Crippen LogP contribution in [0.4, 0.5) is 4.39 Å². The molecule has 1 aromatic heterocycles. The molecule has 0 aliphatic heterocycles. The van der Waals surface area contributed by atoms with Crippen LogP contribution in [0, 0.1) is 5.95 Å². The Hall–Kier alpha value is -0.930. The maximum Gasteiger partial charge on any atom is 0.217 e. The molecule has 0 radical (unpaired) electrons. The van der Waals surface area contributed by atoms with E-state index in [0.29, 0.717) is 5.56 Å². The molecular weight excluding hydrogens is 179 g/mol. The molecule has 0 unspecified atom stereocenters. The van der Waals surface area contributed by atoms with E-state index < -0.39 is 12.0 Å². The number of aromatic nitrogens is 1. The van der Waals surface area contributed by atoms with Crippen molar-refractivity contribution in [1.29, 1.82) is 0 Å². The molecule has 1 aromatic rings. The Morgan fingerprint density at radius 2 is 2.33 bits per heavy atom. The molecule has 1 atom stereocenters. The van der Waals surface area contributed by atoms with Gasteiger partial charge >= 0.3 is 0 Å². The third-order valence-corrected chi connectivity index (χ3v) is 1.40. The van der Waals surface area contributed by atoms with Crippen molar-refractivity contribution in [2.24, 2.45) is 5.73 Å². The fourth-order valence-corrected chi connectivity index (χ4v) is 0.774. The average molecular weight is 189 g/mol. The summed E-state index contributed by atoms with van der Waals surface area (Å²) in [6.07, 6.45) is 2.86. The fraction of sp³-hybridized carbons (Fsp3) is 0.125. The Morgan fingerprint density at radius 1 is 1.67 bits per heavy atom. The monoisotopic (exact) mass is 188 g/mol. The van der Waals surface area contributed by atoms with Crippen molar-refractivity contribution in [3.63, 3.8) is 0 Å². The topological polar surface area (TPSA) is 38.9 Å². The van der Waals surface area contributed by atoms with Crippen molar-refractivity contribution in [1.82, 2.24) is 4.98 Å². The van der Waals surface area contributed by atoms with Crippen LogP contribution >= 0.6 is 12.4 Å². The Balaban J connectivity index is 0.00000121. The van der Waals surface area contributed by atoms with Crippen molar-refractivity contribution in [3.05, 3.63) is 42.5 Å². The van der Waals surface area contributed by atoms with Crippen LogP contribution in [-0.2, 0) is 0 Å². The summed E-state index contributed by atoms with van der Waals surface area (Å²) in [4.78, 5) is 3.45. The molecule has 1 heterocycles.